The fourth-order valence-corrected chi connectivity index (χ4v) is 1.63. The highest BCUT2D eigenvalue weighted by atomic mass is 16.5. The van der Waals surface area contributed by atoms with Crippen molar-refractivity contribution in [1.29, 1.82) is 5.26 Å². The lowest BCUT2D eigenvalue weighted by Crippen LogP contribution is -2.20. The van der Waals surface area contributed by atoms with Gasteiger partial charge in [0.15, 0.2) is 12.4 Å². The van der Waals surface area contributed by atoms with Crippen LogP contribution < -0.4 is 10.1 Å². The highest BCUT2D eigenvalue weighted by Gasteiger charge is 2.07. The number of carbonyl (C=O) groups excluding carboxylic acids is 1. The van der Waals surface area contributed by atoms with E-state index >= 15 is 0 Å². The first-order valence-electron chi connectivity index (χ1n) is 6.08. The first-order chi connectivity index (χ1) is 9.69. The van der Waals surface area contributed by atoms with Gasteiger partial charge in [-0.15, -0.1) is 0 Å². The van der Waals surface area contributed by atoms with E-state index in [0.29, 0.717) is 11.6 Å². The summed E-state index contributed by atoms with van der Waals surface area (Å²) in [5, 5.41) is 15.2. The number of amides is 1. The van der Waals surface area contributed by atoms with E-state index in [2.05, 4.69) is 10.4 Å². The molecule has 0 unspecified atom stereocenters. The molecule has 6 heteroatoms. The molecular weight excluding hydrogens is 256 g/mol. The van der Waals surface area contributed by atoms with Gasteiger partial charge in [0.2, 0.25) is 0 Å². The number of aromatic nitrogens is 2. The summed E-state index contributed by atoms with van der Waals surface area (Å²) in [6.45, 7) is 1.97. The summed E-state index contributed by atoms with van der Waals surface area (Å²) >= 11 is 0. The van der Waals surface area contributed by atoms with E-state index in [1.165, 1.54) is 4.68 Å². The molecule has 0 radical (unpaired) electrons. The Hall–Kier alpha value is -2.81. The van der Waals surface area contributed by atoms with Crippen molar-refractivity contribution in [3.05, 3.63) is 42.1 Å². The van der Waals surface area contributed by atoms with Crippen LogP contribution in [0.2, 0.25) is 0 Å². The van der Waals surface area contributed by atoms with E-state index in [-0.39, 0.29) is 19.1 Å². The quantitative estimate of drug-likeness (QED) is 0.897. The van der Waals surface area contributed by atoms with Crippen LogP contribution in [0.15, 0.2) is 36.5 Å². The second-order valence-electron chi connectivity index (χ2n) is 4.16. The van der Waals surface area contributed by atoms with Crippen molar-refractivity contribution in [2.45, 2.75) is 13.5 Å². The molecule has 1 N–H and O–H groups in total. The van der Waals surface area contributed by atoms with Gasteiger partial charge in [0.05, 0.1) is 6.07 Å². The van der Waals surface area contributed by atoms with E-state index in [4.69, 9.17) is 10.00 Å². The smallest absolute Gasteiger partial charge is 0.263 e. The topological polar surface area (TPSA) is 79.9 Å². The number of nitriles is 1. The summed E-state index contributed by atoms with van der Waals surface area (Å²) < 4.78 is 6.87. The molecule has 1 aromatic carbocycles. The first-order valence-corrected chi connectivity index (χ1v) is 6.08. The molecule has 0 aliphatic heterocycles. The SMILES string of the molecule is Cc1ccccc1OCC(=O)Nc1ccn(CC#N)n1. The molecule has 0 bridgehead atoms. The minimum atomic E-state index is -0.296. The fourth-order valence-electron chi connectivity index (χ4n) is 1.63. The monoisotopic (exact) mass is 270 g/mol. The normalized spacial score (nSPS) is 9.80. The predicted molar refractivity (Wildman–Crippen MR) is 73.1 cm³/mol. The molecule has 0 saturated heterocycles. The molecule has 0 aliphatic carbocycles. The third kappa shape index (κ3) is 3.59. The van der Waals surface area contributed by atoms with E-state index in [1.807, 2.05) is 37.3 Å². The number of anilines is 1. The molecule has 2 rings (SSSR count). The zero-order valence-corrected chi connectivity index (χ0v) is 11.0. The van der Waals surface area contributed by atoms with Gasteiger partial charge in [-0.25, -0.2) is 0 Å². The van der Waals surface area contributed by atoms with Crippen molar-refractivity contribution in [3.8, 4) is 11.8 Å². The maximum absolute atomic E-state index is 11.7. The summed E-state index contributed by atoms with van der Waals surface area (Å²) in [4.78, 5) is 11.7. The zero-order chi connectivity index (χ0) is 14.4. The summed E-state index contributed by atoms with van der Waals surface area (Å²) in [5.41, 5.74) is 0.971. The van der Waals surface area contributed by atoms with Gasteiger partial charge in [0.25, 0.3) is 5.91 Å². The fraction of sp³-hybridized carbons (Fsp3) is 0.214. The van der Waals surface area contributed by atoms with Gasteiger partial charge >= 0.3 is 0 Å². The van der Waals surface area contributed by atoms with Crippen molar-refractivity contribution < 1.29 is 9.53 Å². The molecule has 6 nitrogen and oxygen atoms in total. The van der Waals surface area contributed by atoms with Crippen LogP contribution in [0.4, 0.5) is 5.82 Å². The summed E-state index contributed by atoms with van der Waals surface area (Å²) in [7, 11) is 0. The van der Waals surface area contributed by atoms with Gasteiger partial charge in [0, 0.05) is 12.3 Å². The molecule has 1 amide bonds. The Morgan fingerprint density at radius 2 is 2.25 bits per heavy atom. The standard InChI is InChI=1S/C14H14N4O2/c1-11-4-2-3-5-12(11)20-10-14(19)16-13-6-8-18(17-13)9-7-15/h2-6,8H,9-10H2,1H3,(H,16,17,19). The van der Waals surface area contributed by atoms with Crippen molar-refractivity contribution in [3.63, 3.8) is 0 Å². The van der Waals surface area contributed by atoms with Gasteiger partial charge in [-0.05, 0) is 18.6 Å². The first kappa shape index (κ1) is 13.6. The Morgan fingerprint density at radius 3 is 3.00 bits per heavy atom. The van der Waals surface area contributed by atoms with Gasteiger partial charge in [0.1, 0.15) is 12.3 Å². The minimum absolute atomic E-state index is 0.0873. The number of benzene rings is 1. The largest absolute Gasteiger partial charge is 0.483 e. The average Bonchev–Trinajstić information content (AvgIpc) is 2.85. The number of para-hydroxylation sites is 1. The van der Waals surface area contributed by atoms with Crippen LogP contribution in [0, 0.1) is 18.3 Å². The minimum Gasteiger partial charge on any atom is -0.483 e. The van der Waals surface area contributed by atoms with Crippen molar-refractivity contribution >= 4 is 11.7 Å². The van der Waals surface area contributed by atoms with Gasteiger partial charge in [-0.3, -0.25) is 9.48 Å². The molecule has 102 valence electrons. The lowest BCUT2D eigenvalue weighted by Gasteiger charge is -2.08. The van der Waals surface area contributed by atoms with Crippen LogP contribution in [0.5, 0.6) is 5.75 Å². The molecule has 1 aromatic heterocycles. The Kier molecular flexibility index (Phi) is 4.35. The molecular formula is C14H14N4O2. The van der Waals surface area contributed by atoms with Gasteiger partial charge in [-0.1, -0.05) is 18.2 Å². The summed E-state index contributed by atoms with van der Waals surface area (Å²) in [6, 6.07) is 11.1. The Balaban J connectivity index is 1.86. The molecule has 0 aliphatic rings. The summed E-state index contributed by atoms with van der Waals surface area (Å²) in [6.07, 6.45) is 1.63. The second kappa shape index (κ2) is 6.38. The highest BCUT2D eigenvalue weighted by Crippen LogP contribution is 2.15. The third-order valence-electron chi connectivity index (χ3n) is 2.59. The van der Waals surface area contributed by atoms with Gasteiger partial charge in [-0.2, -0.15) is 10.4 Å². The van der Waals surface area contributed by atoms with E-state index < -0.39 is 0 Å². The van der Waals surface area contributed by atoms with Crippen molar-refractivity contribution in [2.75, 3.05) is 11.9 Å². The summed E-state index contributed by atoms with van der Waals surface area (Å²) in [5.74, 6) is 0.784. The van der Waals surface area contributed by atoms with E-state index in [9.17, 15) is 4.79 Å². The molecule has 0 fully saturated rings. The number of hydrogen-bond donors (Lipinski definition) is 1. The number of nitrogens with zero attached hydrogens (tertiary/aromatic N) is 3. The number of hydrogen-bond acceptors (Lipinski definition) is 4. The Bertz CT molecular complexity index is 643. The molecule has 1 heterocycles. The van der Waals surface area contributed by atoms with Crippen molar-refractivity contribution in [1.82, 2.24) is 9.78 Å². The van der Waals surface area contributed by atoms with E-state index in [0.717, 1.165) is 5.56 Å². The maximum Gasteiger partial charge on any atom is 0.263 e. The number of rotatable bonds is 5. The van der Waals surface area contributed by atoms with Crippen LogP contribution in [0.1, 0.15) is 5.56 Å². The average molecular weight is 270 g/mol. The molecule has 0 atom stereocenters. The van der Waals surface area contributed by atoms with Crippen LogP contribution in [0.25, 0.3) is 0 Å². The van der Waals surface area contributed by atoms with Crippen LogP contribution in [0.3, 0.4) is 0 Å². The molecule has 0 spiro atoms. The zero-order valence-electron chi connectivity index (χ0n) is 11.0. The number of ether oxygens (including phenoxy) is 1. The number of aryl methyl sites for hydroxylation is 1. The Morgan fingerprint density at radius 1 is 1.45 bits per heavy atom. The third-order valence-corrected chi connectivity index (χ3v) is 2.59. The molecule has 2 aromatic rings. The van der Waals surface area contributed by atoms with Crippen LogP contribution >= 0.6 is 0 Å². The lowest BCUT2D eigenvalue weighted by atomic mass is 10.2. The Labute approximate surface area is 116 Å². The highest BCUT2D eigenvalue weighted by molar-refractivity contribution is 5.90. The van der Waals surface area contributed by atoms with Crippen molar-refractivity contribution in [2.24, 2.45) is 0 Å². The van der Waals surface area contributed by atoms with Crippen LogP contribution in [-0.2, 0) is 11.3 Å². The predicted octanol–water partition coefficient (Wildman–Crippen LogP) is 1.73. The lowest BCUT2D eigenvalue weighted by molar-refractivity contribution is -0.118. The number of carbonyl (C=O) groups is 1. The van der Waals surface area contributed by atoms with E-state index in [1.54, 1.807) is 12.3 Å². The number of nitrogens with one attached hydrogen (secondary N) is 1. The molecule has 0 saturated carbocycles. The van der Waals surface area contributed by atoms with Gasteiger partial charge < -0.3 is 10.1 Å². The second-order valence-corrected chi connectivity index (χ2v) is 4.16. The maximum atomic E-state index is 11.7. The molecule has 20 heavy (non-hydrogen) atoms. The van der Waals surface area contributed by atoms with Crippen LogP contribution in [-0.4, -0.2) is 22.3 Å².